The molecule has 0 saturated carbocycles. The zero-order valence-electron chi connectivity index (χ0n) is 18.3. The van der Waals surface area contributed by atoms with E-state index in [0.717, 1.165) is 36.0 Å². The van der Waals surface area contributed by atoms with Crippen LogP contribution in [-0.2, 0) is 45.5 Å². The molecule has 30 heavy (non-hydrogen) atoms. The van der Waals surface area contributed by atoms with Crippen LogP contribution in [0.5, 0.6) is 0 Å². The highest BCUT2D eigenvalue weighted by Crippen LogP contribution is 2.18. The molecule has 0 N–H and O–H groups in total. The van der Waals surface area contributed by atoms with Crippen molar-refractivity contribution < 1.29 is 17.9 Å². The van der Waals surface area contributed by atoms with Gasteiger partial charge in [0.2, 0.25) is 10.0 Å². The lowest BCUT2D eigenvalue weighted by atomic mass is 10.1. The first-order chi connectivity index (χ1) is 14.4. The molecule has 0 aromatic heterocycles. The molecule has 0 atom stereocenters. The fourth-order valence-electron chi connectivity index (χ4n) is 3.32. The number of unbranched alkanes of at least 4 members (excludes halogenated alkanes) is 1. The number of carbonyl (C=O) groups is 1. The van der Waals surface area contributed by atoms with Gasteiger partial charge in [-0.15, -0.1) is 0 Å². The van der Waals surface area contributed by atoms with Gasteiger partial charge >= 0.3 is 5.97 Å². The summed E-state index contributed by atoms with van der Waals surface area (Å²) in [4.78, 5) is 11.6. The molecule has 0 unspecified atom stereocenters. The largest absolute Gasteiger partial charge is 0.469 e. The molecule has 2 aromatic carbocycles. The summed E-state index contributed by atoms with van der Waals surface area (Å²) in [5.41, 5.74) is 3.92. The van der Waals surface area contributed by atoms with E-state index < -0.39 is 10.0 Å². The second-order valence-corrected chi connectivity index (χ2v) is 9.67. The Balaban J connectivity index is 2.20. The number of hydrogen-bond acceptors (Lipinski definition) is 4. The number of rotatable bonds is 12. The van der Waals surface area contributed by atoms with E-state index in [1.807, 2.05) is 43.3 Å². The lowest BCUT2D eigenvalue weighted by Crippen LogP contribution is -2.32. The van der Waals surface area contributed by atoms with Crippen LogP contribution in [0.2, 0.25) is 0 Å². The fraction of sp³-hybridized carbons (Fsp3) is 0.458. The first kappa shape index (κ1) is 24.1. The smallest absolute Gasteiger partial charge is 0.309 e. The standard InChI is InChI=1S/C24H33NO4S/c1-4-6-8-20-11-13-21(14-12-20)18-25(30(27,28)15-5-2)19-23-10-7-9-22(16-23)17-24(26)29-3/h7,9-14,16H,4-6,8,15,17-19H2,1-3H3. The van der Waals surface area contributed by atoms with Gasteiger partial charge in [-0.05, 0) is 41.5 Å². The van der Waals surface area contributed by atoms with Crippen LogP contribution >= 0.6 is 0 Å². The number of methoxy groups -OCH3 is 1. The predicted molar refractivity (Wildman–Crippen MR) is 121 cm³/mol. The summed E-state index contributed by atoms with van der Waals surface area (Å²) in [5.74, 6) is -0.200. The van der Waals surface area contributed by atoms with Crippen LogP contribution in [0.1, 0.15) is 55.4 Å². The van der Waals surface area contributed by atoms with Crippen LogP contribution < -0.4 is 0 Å². The Kier molecular flexibility index (Phi) is 9.53. The van der Waals surface area contributed by atoms with E-state index in [9.17, 15) is 13.2 Å². The van der Waals surface area contributed by atoms with Crippen LogP contribution in [0.3, 0.4) is 0 Å². The van der Waals surface area contributed by atoms with Crippen molar-refractivity contribution in [2.24, 2.45) is 0 Å². The number of nitrogens with zero attached hydrogens (tertiary/aromatic N) is 1. The molecular formula is C24H33NO4S. The van der Waals surface area contributed by atoms with Gasteiger partial charge in [0.15, 0.2) is 0 Å². The van der Waals surface area contributed by atoms with Crippen molar-refractivity contribution in [3.05, 3.63) is 70.8 Å². The van der Waals surface area contributed by atoms with Gasteiger partial charge in [-0.1, -0.05) is 68.8 Å². The number of sulfonamides is 1. The molecule has 2 aromatic rings. The van der Waals surface area contributed by atoms with Crippen LogP contribution in [-0.4, -0.2) is 31.6 Å². The molecular weight excluding hydrogens is 398 g/mol. The van der Waals surface area contributed by atoms with Gasteiger partial charge in [0, 0.05) is 13.1 Å². The van der Waals surface area contributed by atoms with Crippen molar-refractivity contribution >= 4 is 16.0 Å². The third kappa shape index (κ3) is 7.58. The molecule has 0 bridgehead atoms. The van der Waals surface area contributed by atoms with E-state index in [-0.39, 0.29) is 24.7 Å². The first-order valence-electron chi connectivity index (χ1n) is 10.6. The number of esters is 1. The Hall–Kier alpha value is -2.18. The summed E-state index contributed by atoms with van der Waals surface area (Å²) in [6.07, 6.45) is 4.09. The highest BCUT2D eigenvalue weighted by Gasteiger charge is 2.22. The number of benzene rings is 2. The molecule has 0 aliphatic rings. The van der Waals surface area contributed by atoms with Gasteiger partial charge in [-0.25, -0.2) is 8.42 Å². The minimum atomic E-state index is -3.39. The molecule has 0 saturated heterocycles. The summed E-state index contributed by atoms with van der Waals surface area (Å²) in [6.45, 7) is 4.65. The zero-order valence-corrected chi connectivity index (χ0v) is 19.1. The molecule has 164 valence electrons. The number of ether oxygens (including phenoxy) is 1. The van der Waals surface area contributed by atoms with Crippen LogP contribution in [0, 0.1) is 0 Å². The Labute approximate surface area is 181 Å². The van der Waals surface area contributed by atoms with Crippen molar-refractivity contribution in [2.45, 2.75) is 59.0 Å². The Bertz CT molecular complexity index is 907. The zero-order chi connectivity index (χ0) is 22.0. The number of hydrogen-bond donors (Lipinski definition) is 0. The van der Waals surface area contributed by atoms with Crippen LogP contribution in [0.25, 0.3) is 0 Å². The summed E-state index contributed by atoms with van der Waals surface area (Å²) in [7, 11) is -2.03. The minimum Gasteiger partial charge on any atom is -0.469 e. The molecule has 2 rings (SSSR count). The molecule has 0 aliphatic heterocycles. The lowest BCUT2D eigenvalue weighted by Gasteiger charge is -2.23. The fourth-order valence-corrected chi connectivity index (χ4v) is 4.78. The van der Waals surface area contributed by atoms with Crippen molar-refractivity contribution in [2.75, 3.05) is 12.9 Å². The Morgan fingerprint density at radius 1 is 0.900 bits per heavy atom. The van der Waals surface area contributed by atoms with Crippen molar-refractivity contribution in [1.29, 1.82) is 0 Å². The van der Waals surface area contributed by atoms with Crippen molar-refractivity contribution in [3.8, 4) is 0 Å². The lowest BCUT2D eigenvalue weighted by molar-refractivity contribution is -0.139. The average Bonchev–Trinajstić information content (AvgIpc) is 2.73. The van der Waals surface area contributed by atoms with Gasteiger partial charge in [-0.3, -0.25) is 4.79 Å². The topological polar surface area (TPSA) is 63.7 Å². The monoisotopic (exact) mass is 431 g/mol. The van der Waals surface area contributed by atoms with Gasteiger partial charge in [0.05, 0.1) is 19.3 Å². The van der Waals surface area contributed by atoms with Crippen LogP contribution in [0.15, 0.2) is 48.5 Å². The normalized spacial score (nSPS) is 11.6. The second-order valence-electron chi connectivity index (χ2n) is 7.58. The molecule has 0 amide bonds. The maximum Gasteiger partial charge on any atom is 0.309 e. The molecule has 6 heteroatoms. The Morgan fingerprint density at radius 3 is 2.17 bits per heavy atom. The van der Waals surface area contributed by atoms with E-state index in [1.165, 1.54) is 17.0 Å². The van der Waals surface area contributed by atoms with E-state index in [1.54, 1.807) is 0 Å². The van der Waals surface area contributed by atoms with E-state index in [0.29, 0.717) is 13.0 Å². The van der Waals surface area contributed by atoms with Gasteiger partial charge < -0.3 is 4.74 Å². The van der Waals surface area contributed by atoms with E-state index in [2.05, 4.69) is 19.1 Å². The van der Waals surface area contributed by atoms with Crippen LogP contribution in [0.4, 0.5) is 0 Å². The number of aryl methyl sites for hydroxylation is 1. The molecule has 0 spiro atoms. The molecule has 0 aliphatic carbocycles. The van der Waals surface area contributed by atoms with Gasteiger partial charge in [-0.2, -0.15) is 4.31 Å². The summed E-state index contributed by atoms with van der Waals surface area (Å²) < 4.78 is 32.1. The molecule has 0 heterocycles. The quantitative estimate of drug-likeness (QED) is 0.465. The van der Waals surface area contributed by atoms with E-state index in [4.69, 9.17) is 4.74 Å². The summed E-state index contributed by atoms with van der Waals surface area (Å²) in [6, 6.07) is 15.7. The number of carbonyl (C=O) groups excluding carboxylic acids is 1. The van der Waals surface area contributed by atoms with Crippen molar-refractivity contribution in [1.82, 2.24) is 4.31 Å². The summed E-state index contributed by atoms with van der Waals surface area (Å²) >= 11 is 0. The Morgan fingerprint density at radius 2 is 1.53 bits per heavy atom. The minimum absolute atomic E-state index is 0.115. The first-order valence-corrected chi connectivity index (χ1v) is 12.2. The molecule has 0 radical (unpaired) electrons. The molecule has 0 fully saturated rings. The van der Waals surface area contributed by atoms with Crippen molar-refractivity contribution in [3.63, 3.8) is 0 Å². The van der Waals surface area contributed by atoms with Gasteiger partial charge in [0.1, 0.15) is 0 Å². The predicted octanol–water partition coefficient (Wildman–Crippen LogP) is 4.49. The average molecular weight is 432 g/mol. The maximum atomic E-state index is 12.9. The summed E-state index contributed by atoms with van der Waals surface area (Å²) in [5, 5.41) is 0. The third-order valence-corrected chi connectivity index (χ3v) is 6.95. The SMILES string of the molecule is CCCCc1ccc(CN(Cc2cccc(CC(=O)OC)c2)S(=O)(=O)CCC)cc1. The maximum absolute atomic E-state index is 12.9. The molecule has 5 nitrogen and oxygen atoms in total. The highest BCUT2D eigenvalue weighted by atomic mass is 32.2. The van der Waals surface area contributed by atoms with Gasteiger partial charge in [0.25, 0.3) is 0 Å². The van der Waals surface area contributed by atoms with E-state index >= 15 is 0 Å². The third-order valence-electron chi connectivity index (χ3n) is 4.98. The highest BCUT2D eigenvalue weighted by molar-refractivity contribution is 7.89. The second kappa shape index (κ2) is 11.9.